The normalized spacial score (nSPS) is 12.8. The maximum atomic E-state index is 13.7. The lowest BCUT2D eigenvalue weighted by molar-refractivity contribution is 0.171. The lowest BCUT2D eigenvalue weighted by Crippen LogP contribution is -2.15. The van der Waals surface area contributed by atoms with Gasteiger partial charge in [-0.15, -0.1) is 0 Å². The summed E-state index contributed by atoms with van der Waals surface area (Å²) >= 11 is 0. The van der Waals surface area contributed by atoms with Gasteiger partial charge in [0.15, 0.2) is 11.5 Å². The largest absolute Gasteiger partial charge is 0.486 e. The Morgan fingerprint density at radius 3 is 2.74 bits per heavy atom. The topological polar surface area (TPSA) is 88.5 Å². The highest BCUT2D eigenvalue weighted by Crippen LogP contribution is 2.33. The van der Waals surface area contributed by atoms with Gasteiger partial charge in [0.05, 0.1) is 5.52 Å². The van der Waals surface area contributed by atoms with Gasteiger partial charge in [0.2, 0.25) is 5.95 Å². The van der Waals surface area contributed by atoms with Gasteiger partial charge in [-0.3, -0.25) is 0 Å². The number of ether oxygens (including phenoxy) is 2. The molecule has 1 aromatic heterocycles. The van der Waals surface area contributed by atoms with Crippen molar-refractivity contribution in [3.8, 4) is 11.5 Å². The fourth-order valence-electron chi connectivity index (χ4n) is 2.83. The predicted molar refractivity (Wildman–Crippen MR) is 100 cm³/mol. The number of nitrogens with zero attached hydrogens (tertiary/aromatic N) is 2. The van der Waals surface area contributed by atoms with E-state index in [1.165, 1.54) is 12.1 Å². The number of rotatable bonds is 6. The minimum absolute atomic E-state index is 0.0763. The first-order valence-electron chi connectivity index (χ1n) is 8.71. The SMILES string of the molecule is OCCCNc1nc(Nc2ccc3c(c2)OCCO3)nc2cc(F)ccc12. The van der Waals surface area contributed by atoms with Gasteiger partial charge in [-0.05, 0) is 30.7 Å². The van der Waals surface area contributed by atoms with Crippen LogP contribution in [0, 0.1) is 5.82 Å². The summed E-state index contributed by atoms with van der Waals surface area (Å²) in [5.41, 5.74) is 1.22. The average molecular weight is 370 g/mol. The number of hydrogen-bond acceptors (Lipinski definition) is 7. The van der Waals surface area contributed by atoms with Crippen molar-refractivity contribution in [2.75, 3.05) is 37.0 Å². The van der Waals surface area contributed by atoms with E-state index in [1.807, 2.05) is 18.2 Å². The van der Waals surface area contributed by atoms with Crippen molar-refractivity contribution in [3.05, 3.63) is 42.2 Å². The van der Waals surface area contributed by atoms with Crippen LogP contribution in [0.15, 0.2) is 36.4 Å². The molecule has 0 saturated heterocycles. The quantitative estimate of drug-likeness (QED) is 0.575. The number of nitrogens with one attached hydrogen (secondary N) is 2. The second-order valence-corrected chi connectivity index (χ2v) is 6.04. The molecule has 3 N–H and O–H groups in total. The van der Waals surface area contributed by atoms with E-state index in [9.17, 15) is 4.39 Å². The number of aromatic nitrogens is 2. The van der Waals surface area contributed by atoms with E-state index in [2.05, 4.69) is 20.6 Å². The molecule has 0 bridgehead atoms. The van der Waals surface area contributed by atoms with Crippen molar-refractivity contribution >= 4 is 28.4 Å². The fourth-order valence-corrected chi connectivity index (χ4v) is 2.83. The smallest absolute Gasteiger partial charge is 0.229 e. The van der Waals surface area contributed by atoms with Gasteiger partial charge >= 0.3 is 0 Å². The minimum atomic E-state index is -0.368. The molecule has 0 fully saturated rings. The Hall–Kier alpha value is -3.13. The molecule has 8 heteroatoms. The third-order valence-corrected chi connectivity index (χ3v) is 4.08. The van der Waals surface area contributed by atoms with E-state index in [1.54, 1.807) is 6.07 Å². The molecule has 0 amide bonds. The Morgan fingerprint density at radius 1 is 1.04 bits per heavy atom. The van der Waals surface area contributed by atoms with E-state index in [0.29, 0.717) is 60.3 Å². The third kappa shape index (κ3) is 3.85. The zero-order valence-corrected chi connectivity index (χ0v) is 14.5. The molecule has 0 unspecified atom stereocenters. The summed E-state index contributed by atoms with van der Waals surface area (Å²) in [7, 11) is 0. The molecule has 3 aromatic rings. The van der Waals surface area contributed by atoms with Crippen LogP contribution in [-0.4, -0.2) is 41.4 Å². The Balaban J connectivity index is 1.66. The molecule has 1 aliphatic rings. The molecule has 1 aliphatic heterocycles. The lowest BCUT2D eigenvalue weighted by atomic mass is 10.2. The molecular formula is C19H19FN4O3. The molecular weight excluding hydrogens is 351 g/mol. The molecule has 27 heavy (non-hydrogen) atoms. The van der Waals surface area contributed by atoms with Gasteiger partial charge in [0, 0.05) is 36.4 Å². The van der Waals surface area contributed by atoms with Gasteiger partial charge in [0.1, 0.15) is 24.8 Å². The zero-order chi connectivity index (χ0) is 18.6. The van der Waals surface area contributed by atoms with Gasteiger partial charge in [0.25, 0.3) is 0 Å². The van der Waals surface area contributed by atoms with Gasteiger partial charge in [-0.25, -0.2) is 9.37 Å². The number of hydrogen-bond donors (Lipinski definition) is 3. The number of aliphatic hydroxyl groups is 1. The van der Waals surface area contributed by atoms with Crippen molar-refractivity contribution in [3.63, 3.8) is 0 Å². The second kappa shape index (κ2) is 7.63. The first-order valence-corrected chi connectivity index (χ1v) is 8.71. The van der Waals surface area contributed by atoms with Crippen LogP contribution in [0.3, 0.4) is 0 Å². The van der Waals surface area contributed by atoms with Crippen molar-refractivity contribution in [1.29, 1.82) is 0 Å². The fraction of sp³-hybridized carbons (Fsp3) is 0.263. The van der Waals surface area contributed by atoms with Crippen molar-refractivity contribution in [2.45, 2.75) is 6.42 Å². The number of anilines is 3. The first-order chi connectivity index (χ1) is 13.2. The molecule has 7 nitrogen and oxygen atoms in total. The number of aliphatic hydroxyl groups excluding tert-OH is 1. The van der Waals surface area contributed by atoms with Crippen molar-refractivity contribution in [2.24, 2.45) is 0 Å². The highest BCUT2D eigenvalue weighted by Gasteiger charge is 2.13. The first kappa shape index (κ1) is 17.3. The monoisotopic (exact) mass is 370 g/mol. The Labute approximate surface area is 155 Å². The third-order valence-electron chi connectivity index (χ3n) is 4.08. The number of benzene rings is 2. The highest BCUT2D eigenvalue weighted by molar-refractivity contribution is 5.90. The summed E-state index contributed by atoms with van der Waals surface area (Å²) in [5.74, 6) is 1.89. The minimum Gasteiger partial charge on any atom is -0.486 e. The molecule has 0 atom stereocenters. The molecule has 2 heterocycles. The zero-order valence-electron chi connectivity index (χ0n) is 14.5. The number of fused-ring (bicyclic) bond motifs is 2. The van der Waals surface area contributed by atoms with Gasteiger partial charge < -0.3 is 25.2 Å². The lowest BCUT2D eigenvalue weighted by Gasteiger charge is -2.19. The van der Waals surface area contributed by atoms with E-state index in [0.717, 1.165) is 5.69 Å². The Morgan fingerprint density at radius 2 is 1.89 bits per heavy atom. The summed E-state index contributed by atoms with van der Waals surface area (Å²) in [5, 5.41) is 16.0. The van der Waals surface area contributed by atoms with Gasteiger partial charge in [-0.2, -0.15) is 4.98 Å². The highest BCUT2D eigenvalue weighted by atomic mass is 19.1. The van der Waals surface area contributed by atoms with E-state index < -0.39 is 0 Å². The summed E-state index contributed by atoms with van der Waals surface area (Å²) in [6.45, 7) is 1.65. The van der Waals surface area contributed by atoms with E-state index in [-0.39, 0.29) is 12.4 Å². The Bertz CT molecular complexity index is 967. The summed E-state index contributed by atoms with van der Waals surface area (Å²) < 4.78 is 24.8. The van der Waals surface area contributed by atoms with Crippen LogP contribution >= 0.6 is 0 Å². The predicted octanol–water partition coefficient (Wildman–Crippen LogP) is 3.08. The molecule has 2 aromatic carbocycles. The van der Waals surface area contributed by atoms with E-state index in [4.69, 9.17) is 14.6 Å². The standard InChI is InChI=1S/C19H19FN4O3/c20-12-2-4-14-15(10-12)23-19(24-18(14)21-6-1-7-25)22-13-3-5-16-17(11-13)27-9-8-26-16/h2-5,10-11,25H,1,6-9H2,(H2,21,22,23,24). The van der Waals surface area contributed by atoms with Crippen LogP contribution in [0.4, 0.5) is 21.8 Å². The van der Waals surface area contributed by atoms with Crippen LogP contribution in [0.5, 0.6) is 11.5 Å². The summed E-state index contributed by atoms with van der Waals surface area (Å²) in [6, 6.07) is 9.84. The van der Waals surface area contributed by atoms with Crippen molar-refractivity contribution < 1.29 is 19.0 Å². The molecule has 0 aliphatic carbocycles. The maximum absolute atomic E-state index is 13.7. The summed E-state index contributed by atoms with van der Waals surface area (Å²) in [6.07, 6.45) is 0.581. The Kier molecular flexibility index (Phi) is 4.88. The molecule has 4 rings (SSSR count). The van der Waals surface area contributed by atoms with Crippen LogP contribution in [0.2, 0.25) is 0 Å². The van der Waals surface area contributed by atoms with Gasteiger partial charge in [-0.1, -0.05) is 0 Å². The summed E-state index contributed by atoms with van der Waals surface area (Å²) in [4.78, 5) is 8.91. The van der Waals surface area contributed by atoms with Crippen LogP contribution < -0.4 is 20.1 Å². The molecule has 0 saturated carbocycles. The molecule has 140 valence electrons. The average Bonchev–Trinajstić information content (AvgIpc) is 2.67. The molecule has 0 spiro atoms. The van der Waals surface area contributed by atoms with E-state index >= 15 is 0 Å². The van der Waals surface area contributed by atoms with Crippen LogP contribution in [-0.2, 0) is 0 Å². The number of halogens is 1. The van der Waals surface area contributed by atoms with Crippen LogP contribution in [0.1, 0.15) is 6.42 Å². The van der Waals surface area contributed by atoms with Crippen molar-refractivity contribution in [1.82, 2.24) is 9.97 Å². The molecule has 0 radical (unpaired) electrons. The van der Waals surface area contributed by atoms with Crippen LogP contribution in [0.25, 0.3) is 10.9 Å². The maximum Gasteiger partial charge on any atom is 0.229 e. The second-order valence-electron chi connectivity index (χ2n) is 6.04.